The van der Waals surface area contributed by atoms with Gasteiger partial charge in [-0.3, -0.25) is 4.79 Å². The van der Waals surface area contributed by atoms with Gasteiger partial charge in [0.25, 0.3) is 5.91 Å². The third kappa shape index (κ3) is 4.42. The minimum absolute atomic E-state index is 0.00655. The number of phenols is 1. The number of methoxy groups -OCH3 is 1. The number of nitrogens with one attached hydrogen (secondary N) is 1. The minimum atomic E-state index is -4.61. The molecule has 2 aromatic carbocycles. The van der Waals surface area contributed by atoms with Crippen LogP contribution in [-0.2, 0) is 11.0 Å². The zero-order valence-corrected chi connectivity index (χ0v) is 15.7. The van der Waals surface area contributed by atoms with Gasteiger partial charge in [-0.2, -0.15) is 13.2 Å². The molecule has 2 aromatic rings. The molecule has 0 aliphatic carbocycles. The summed E-state index contributed by atoms with van der Waals surface area (Å²) in [7, 11) is 1.40. The summed E-state index contributed by atoms with van der Waals surface area (Å²) < 4.78 is 43.9. The Bertz CT molecular complexity index is 1010. The van der Waals surface area contributed by atoms with E-state index in [0.717, 1.165) is 23.9 Å². The number of halogens is 4. The summed E-state index contributed by atoms with van der Waals surface area (Å²) >= 11 is 6.57. The maximum atomic E-state index is 13.0. The fraction of sp³-hybridized carbons (Fsp3) is 0.111. The Morgan fingerprint density at radius 3 is 2.68 bits per heavy atom. The van der Waals surface area contributed by atoms with Crippen LogP contribution in [-0.4, -0.2) is 23.3 Å². The molecular formula is C18H12ClF3N2O3S. The Balaban J connectivity index is 1.87. The van der Waals surface area contributed by atoms with Crippen LogP contribution >= 0.6 is 23.4 Å². The van der Waals surface area contributed by atoms with Gasteiger partial charge < -0.3 is 15.2 Å². The fourth-order valence-electron chi connectivity index (χ4n) is 2.33. The van der Waals surface area contributed by atoms with Crippen LogP contribution < -0.4 is 10.1 Å². The van der Waals surface area contributed by atoms with E-state index >= 15 is 0 Å². The molecule has 146 valence electrons. The molecule has 1 saturated heterocycles. The maximum Gasteiger partial charge on any atom is 0.417 e. The molecule has 10 heteroatoms. The van der Waals surface area contributed by atoms with Crippen molar-refractivity contribution in [1.82, 2.24) is 5.32 Å². The number of thioether (sulfide) groups is 1. The van der Waals surface area contributed by atoms with Gasteiger partial charge in [0.1, 0.15) is 0 Å². The van der Waals surface area contributed by atoms with Gasteiger partial charge in [-0.15, -0.1) is 0 Å². The van der Waals surface area contributed by atoms with Crippen LogP contribution in [0.25, 0.3) is 6.08 Å². The predicted octanol–water partition coefficient (Wildman–Crippen LogP) is 4.96. The highest BCUT2D eigenvalue weighted by atomic mass is 35.5. The van der Waals surface area contributed by atoms with Gasteiger partial charge in [0.05, 0.1) is 28.3 Å². The highest BCUT2D eigenvalue weighted by Crippen LogP contribution is 2.37. The Hall–Kier alpha value is -2.65. The molecule has 1 heterocycles. The summed E-state index contributed by atoms with van der Waals surface area (Å²) in [5.74, 6) is -0.244. The van der Waals surface area contributed by atoms with Crippen molar-refractivity contribution in [1.29, 1.82) is 0 Å². The molecule has 2 N–H and O–H groups in total. The van der Waals surface area contributed by atoms with E-state index in [-0.39, 0.29) is 27.3 Å². The van der Waals surface area contributed by atoms with E-state index in [0.29, 0.717) is 5.56 Å². The quantitative estimate of drug-likeness (QED) is 0.677. The van der Waals surface area contributed by atoms with E-state index in [9.17, 15) is 23.1 Å². The summed E-state index contributed by atoms with van der Waals surface area (Å²) in [4.78, 5) is 16.5. The Morgan fingerprint density at radius 2 is 2.00 bits per heavy atom. The molecule has 0 saturated carbocycles. The largest absolute Gasteiger partial charge is 0.504 e. The van der Waals surface area contributed by atoms with Gasteiger partial charge in [-0.1, -0.05) is 17.7 Å². The highest BCUT2D eigenvalue weighted by molar-refractivity contribution is 8.18. The van der Waals surface area contributed by atoms with Crippen LogP contribution in [0.4, 0.5) is 18.9 Å². The van der Waals surface area contributed by atoms with Crippen molar-refractivity contribution in [2.24, 2.45) is 4.99 Å². The van der Waals surface area contributed by atoms with E-state index < -0.39 is 22.7 Å². The van der Waals surface area contributed by atoms with Crippen molar-refractivity contribution < 1.29 is 27.8 Å². The second kappa shape index (κ2) is 7.76. The number of ether oxygens (including phenoxy) is 1. The highest BCUT2D eigenvalue weighted by Gasteiger charge is 2.33. The molecule has 1 aliphatic rings. The lowest BCUT2D eigenvalue weighted by atomic mass is 10.2. The average Bonchev–Trinajstić information content (AvgIpc) is 2.96. The fourth-order valence-corrected chi connectivity index (χ4v) is 3.40. The first-order valence-electron chi connectivity index (χ1n) is 7.70. The van der Waals surface area contributed by atoms with Crippen molar-refractivity contribution in [2.75, 3.05) is 7.11 Å². The monoisotopic (exact) mass is 428 g/mol. The summed E-state index contributed by atoms with van der Waals surface area (Å²) in [6.45, 7) is 0. The number of hydrogen-bond acceptors (Lipinski definition) is 5. The topological polar surface area (TPSA) is 70.9 Å². The zero-order valence-electron chi connectivity index (χ0n) is 14.2. The molecule has 5 nitrogen and oxygen atoms in total. The number of carbonyl (C=O) groups is 1. The van der Waals surface area contributed by atoms with Crippen molar-refractivity contribution >= 4 is 46.2 Å². The normalized spacial score (nSPS) is 17.2. The van der Waals surface area contributed by atoms with Crippen LogP contribution in [0.1, 0.15) is 11.1 Å². The lowest BCUT2D eigenvalue weighted by molar-refractivity contribution is -0.137. The summed E-state index contributed by atoms with van der Waals surface area (Å²) in [5, 5.41) is 11.8. The number of phenolic OH excluding ortho intramolecular Hbond substituents is 1. The van der Waals surface area contributed by atoms with Crippen LogP contribution in [0.15, 0.2) is 46.3 Å². The van der Waals surface area contributed by atoms with Gasteiger partial charge in [0.15, 0.2) is 16.7 Å². The molecule has 1 amide bonds. The first kappa shape index (κ1) is 20.1. The second-order valence-electron chi connectivity index (χ2n) is 5.57. The van der Waals surface area contributed by atoms with Gasteiger partial charge in [-0.25, -0.2) is 4.99 Å². The predicted molar refractivity (Wildman–Crippen MR) is 102 cm³/mol. The lowest BCUT2D eigenvalue weighted by Crippen LogP contribution is -2.19. The van der Waals surface area contributed by atoms with Crippen LogP contribution in [0, 0.1) is 0 Å². The number of aromatic hydroxyl groups is 1. The van der Waals surface area contributed by atoms with E-state index in [2.05, 4.69) is 10.3 Å². The number of hydrogen-bond donors (Lipinski definition) is 2. The van der Waals surface area contributed by atoms with Crippen molar-refractivity contribution in [2.45, 2.75) is 6.18 Å². The Morgan fingerprint density at radius 1 is 1.25 bits per heavy atom. The SMILES string of the molecule is COc1cc(/C=C2/SC(=Nc3ccc(Cl)c(C(F)(F)F)c3)NC2=O)ccc1O. The number of alkyl halides is 3. The third-order valence-electron chi connectivity index (χ3n) is 3.64. The van der Waals surface area contributed by atoms with E-state index in [1.165, 1.54) is 19.2 Å². The second-order valence-corrected chi connectivity index (χ2v) is 7.01. The Kier molecular flexibility index (Phi) is 5.57. The molecule has 0 atom stereocenters. The van der Waals surface area contributed by atoms with Crippen molar-refractivity contribution in [3.05, 3.63) is 57.5 Å². The van der Waals surface area contributed by atoms with Crippen molar-refractivity contribution in [3.63, 3.8) is 0 Å². The number of amides is 1. The molecule has 0 aromatic heterocycles. The summed E-state index contributed by atoms with van der Waals surface area (Å²) in [6, 6.07) is 7.79. The molecular weight excluding hydrogens is 417 g/mol. The Labute approximate surface area is 166 Å². The standard InChI is InChI=1S/C18H12ClF3N2O3S/c1-27-14-6-9(2-5-13(14)25)7-15-16(26)24-17(28-15)23-10-3-4-12(19)11(8-10)18(20,21)22/h2-8,25H,1H3,(H,23,24,26)/b15-7+. The molecule has 0 unspecified atom stereocenters. The molecule has 0 bridgehead atoms. The molecule has 0 spiro atoms. The average molecular weight is 429 g/mol. The van der Waals surface area contributed by atoms with Gasteiger partial charge in [0.2, 0.25) is 0 Å². The number of rotatable bonds is 3. The molecule has 0 radical (unpaired) electrons. The van der Waals surface area contributed by atoms with E-state index in [1.807, 2.05) is 0 Å². The van der Waals surface area contributed by atoms with Crippen molar-refractivity contribution in [3.8, 4) is 11.5 Å². The number of amidine groups is 1. The van der Waals surface area contributed by atoms with E-state index in [4.69, 9.17) is 16.3 Å². The first-order chi connectivity index (χ1) is 13.2. The van der Waals surface area contributed by atoms with Gasteiger partial charge in [0, 0.05) is 0 Å². The van der Waals surface area contributed by atoms with Crippen LogP contribution in [0.5, 0.6) is 11.5 Å². The van der Waals surface area contributed by atoms with Gasteiger partial charge >= 0.3 is 6.18 Å². The minimum Gasteiger partial charge on any atom is -0.504 e. The van der Waals surface area contributed by atoms with Crippen LogP contribution in [0.2, 0.25) is 5.02 Å². The lowest BCUT2D eigenvalue weighted by Gasteiger charge is -2.09. The number of benzene rings is 2. The van der Waals surface area contributed by atoms with Gasteiger partial charge in [-0.05, 0) is 53.7 Å². The maximum absolute atomic E-state index is 13.0. The smallest absolute Gasteiger partial charge is 0.417 e. The first-order valence-corrected chi connectivity index (χ1v) is 8.90. The molecule has 28 heavy (non-hydrogen) atoms. The number of nitrogens with zero attached hydrogens (tertiary/aromatic N) is 1. The number of aliphatic imine (C=N–C) groups is 1. The molecule has 3 rings (SSSR count). The van der Waals surface area contributed by atoms with E-state index in [1.54, 1.807) is 18.2 Å². The summed E-state index contributed by atoms with van der Waals surface area (Å²) in [5.41, 5.74) is -0.399. The molecule has 1 aliphatic heterocycles. The third-order valence-corrected chi connectivity index (χ3v) is 4.88. The zero-order chi connectivity index (χ0) is 20.5. The van der Waals surface area contributed by atoms with Crippen LogP contribution in [0.3, 0.4) is 0 Å². The number of carbonyl (C=O) groups excluding carboxylic acids is 1. The summed E-state index contributed by atoms with van der Waals surface area (Å²) in [6.07, 6.45) is -3.06. The molecule has 1 fully saturated rings.